The lowest BCUT2D eigenvalue weighted by Crippen LogP contribution is -2.18. The van der Waals surface area contributed by atoms with Crippen LogP contribution in [0.1, 0.15) is 0 Å². The zero-order valence-electron chi connectivity index (χ0n) is 22.9. The normalized spacial score (nSPS) is 11.3. The van der Waals surface area contributed by atoms with Crippen LogP contribution in [0.25, 0.3) is 10.8 Å². The minimum absolute atomic E-state index is 0.291. The summed E-state index contributed by atoms with van der Waals surface area (Å²) in [6.07, 6.45) is 1.12. The summed E-state index contributed by atoms with van der Waals surface area (Å²) >= 11 is 0. The largest absolute Gasteiger partial charge is 0.284 e. The summed E-state index contributed by atoms with van der Waals surface area (Å²) in [5, 5.41) is 1.63. The monoisotopic (exact) mass is 625 g/mol. The average molecular weight is 626 g/mol. The van der Waals surface area contributed by atoms with Crippen molar-refractivity contribution in [2.75, 3.05) is 22.7 Å². The quantitative estimate of drug-likeness (QED) is 0.225. The molecule has 220 valence electrons. The van der Waals surface area contributed by atoms with Gasteiger partial charge >= 0.3 is 0 Å². The molecule has 9 nitrogen and oxygen atoms in total. The third kappa shape index (κ3) is 10.00. The van der Waals surface area contributed by atoms with Crippen LogP contribution in [0.3, 0.4) is 0 Å². The molecule has 0 aliphatic carbocycles. The number of nitrogens with one attached hydrogen (secondary N) is 3. The minimum Gasteiger partial charge on any atom is -0.284 e. The molecule has 0 saturated carbocycles. The van der Waals surface area contributed by atoms with Crippen LogP contribution in [-0.4, -0.2) is 38.6 Å². The van der Waals surface area contributed by atoms with Crippen molar-refractivity contribution in [1.29, 1.82) is 0 Å². The lowest BCUT2D eigenvalue weighted by atomic mass is 10.1. The SMILES string of the molecule is CNS(=O)(=O)c1ccccc1.CS(=O)(=O)Nc1ccccc1.O=S(=O)(Nc1ccccc1)c1cccc2ccccc12. The van der Waals surface area contributed by atoms with E-state index in [0.29, 0.717) is 21.2 Å². The van der Waals surface area contributed by atoms with Crippen molar-refractivity contribution in [2.24, 2.45) is 0 Å². The Morgan fingerprint density at radius 3 is 1.45 bits per heavy atom. The van der Waals surface area contributed by atoms with E-state index in [4.69, 9.17) is 0 Å². The molecule has 0 aliphatic heterocycles. The Morgan fingerprint density at radius 2 is 0.929 bits per heavy atom. The highest BCUT2D eigenvalue weighted by molar-refractivity contribution is 7.93. The zero-order chi connectivity index (χ0) is 30.6. The molecule has 0 aliphatic rings. The maximum atomic E-state index is 12.5. The van der Waals surface area contributed by atoms with Crippen LogP contribution >= 0.6 is 0 Å². The van der Waals surface area contributed by atoms with E-state index < -0.39 is 30.1 Å². The van der Waals surface area contributed by atoms with Gasteiger partial charge in [-0.3, -0.25) is 9.44 Å². The maximum Gasteiger partial charge on any atom is 0.262 e. The van der Waals surface area contributed by atoms with Gasteiger partial charge in [-0.2, -0.15) is 0 Å². The fourth-order valence-electron chi connectivity index (χ4n) is 3.58. The molecule has 5 aromatic carbocycles. The molecular weight excluding hydrogens is 595 g/mol. The molecule has 42 heavy (non-hydrogen) atoms. The van der Waals surface area contributed by atoms with Crippen LogP contribution in [-0.2, 0) is 30.1 Å². The van der Waals surface area contributed by atoms with Crippen LogP contribution in [0.5, 0.6) is 0 Å². The maximum absolute atomic E-state index is 12.5. The number of benzene rings is 5. The number of hydrogen-bond donors (Lipinski definition) is 3. The van der Waals surface area contributed by atoms with Crippen molar-refractivity contribution >= 4 is 52.2 Å². The van der Waals surface area contributed by atoms with E-state index in [2.05, 4.69) is 14.2 Å². The molecule has 0 radical (unpaired) electrons. The van der Waals surface area contributed by atoms with Gasteiger partial charge in [-0.05, 0) is 54.9 Å². The third-order valence-electron chi connectivity index (χ3n) is 5.46. The second kappa shape index (κ2) is 14.6. The Hall–Kier alpha value is -4.23. The van der Waals surface area contributed by atoms with Gasteiger partial charge in [-0.1, -0.05) is 91.0 Å². The molecule has 0 fully saturated rings. The topological polar surface area (TPSA) is 139 Å². The van der Waals surface area contributed by atoms with E-state index in [1.807, 2.05) is 42.5 Å². The lowest BCUT2D eigenvalue weighted by Gasteiger charge is -2.10. The predicted octanol–water partition coefficient (Wildman–Crippen LogP) is 5.29. The predicted molar refractivity (Wildman–Crippen MR) is 169 cm³/mol. The molecule has 3 N–H and O–H groups in total. The first-order chi connectivity index (χ1) is 19.9. The molecule has 0 spiro atoms. The van der Waals surface area contributed by atoms with Crippen molar-refractivity contribution < 1.29 is 25.3 Å². The minimum atomic E-state index is -3.59. The first kappa shape index (κ1) is 32.3. The summed E-state index contributed by atoms with van der Waals surface area (Å²) in [7, 11) is -8.57. The van der Waals surface area contributed by atoms with Crippen LogP contribution in [0.15, 0.2) is 143 Å². The van der Waals surface area contributed by atoms with Gasteiger partial charge in [0.2, 0.25) is 20.0 Å². The fraction of sp³-hybridized carbons (Fsp3) is 0.0667. The van der Waals surface area contributed by atoms with Gasteiger partial charge in [0.25, 0.3) is 10.0 Å². The van der Waals surface area contributed by atoms with Gasteiger partial charge in [0, 0.05) is 16.8 Å². The van der Waals surface area contributed by atoms with E-state index >= 15 is 0 Å². The van der Waals surface area contributed by atoms with Crippen molar-refractivity contribution in [3.05, 3.63) is 133 Å². The molecule has 0 bridgehead atoms. The highest BCUT2D eigenvalue weighted by Crippen LogP contribution is 2.24. The number of hydrogen-bond acceptors (Lipinski definition) is 6. The van der Waals surface area contributed by atoms with Gasteiger partial charge in [0.05, 0.1) is 16.0 Å². The Labute approximate surface area is 247 Å². The summed E-state index contributed by atoms with van der Waals surface area (Å²) in [5.74, 6) is 0. The van der Waals surface area contributed by atoms with Crippen molar-refractivity contribution in [1.82, 2.24) is 4.72 Å². The molecule has 0 heterocycles. The summed E-state index contributed by atoms with van der Waals surface area (Å²) in [5.41, 5.74) is 1.15. The second-order valence-electron chi connectivity index (χ2n) is 8.71. The average Bonchev–Trinajstić information content (AvgIpc) is 2.98. The molecule has 0 unspecified atom stereocenters. The van der Waals surface area contributed by atoms with E-state index in [-0.39, 0.29) is 0 Å². The van der Waals surface area contributed by atoms with E-state index in [9.17, 15) is 25.3 Å². The number of para-hydroxylation sites is 2. The number of anilines is 2. The summed E-state index contributed by atoms with van der Waals surface area (Å²) in [4.78, 5) is 0.585. The zero-order valence-corrected chi connectivity index (χ0v) is 25.3. The Kier molecular flexibility index (Phi) is 11.2. The Morgan fingerprint density at radius 1 is 0.476 bits per heavy atom. The lowest BCUT2D eigenvalue weighted by molar-refractivity contribution is 0.588. The Bertz CT molecular complexity index is 1900. The summed E-state index contributed by atoms with van der Waals surface area (Å²) < 4.78 is 75.7. The fourth-order valence-corrected chi connectivity index (χ4v) is 6.19. The van der Waals surface area contributed by atoms with Crippen LogP contribution < -0.4 is 14.2 Å². The molecule has 0 saturated heterocycles. The molecule has 5 rings (SSSR count). The molecule has 0 amide bonds. The first-order valence-corrected chi connectivity index (χ1v) is 17.3. The van der Waals surface area contributed by atoms with E-state index in [1.165, 1.54) is 7.05 Å². The van der Waals surface area contributed by atoms with Gasteiger partial charge in [0.1, 0.15) is 0 Å². The molecule has 12 heteroatoms. The molecule has 5 aromatic rings. The van der Waals surface area contributed by atoms with Crippen LogP contribution in [0.2, 0.25) is 0 Å². The van der Waals surface area contributed by atoms with Crippen molar-refractivity contribution in [3.8, 4) is 0 Å². The highest BCUT2D eigenvalue weighted by atomic mass is 32.2. The van der Waals surface area contributed by atoms with Crippen LogP contribution in [0.4, 0.5) is 11.4 Å². The van der Waals surface area contributed by atoms with Crippen LogP contribution in [0, 0.1) is 0 Å². The van der Waals surface area contributed by atoms with E-state index in [0.717, 1.165) is 17.0 Å². The first-order valence-electron chi connectivity index (χ1n) is 12.5. The van der Waals surface area contributed by atoms with Crippen molar-refractivity contribution in [3.63, 3.8) is 0 Å². The number of fused-ring (bicyclic) bond motifs is 1. The number of sulfonamides is 3. The molecular formula is C30H31N3O6S3. The van der Waals surface area contributed by atoms with Gasteiger partial charge < -0.3 is 0 Å². The summed E-state index contributed by atoms with van der Waals surface area (Å²) in [6.45, 7) is 0. The van der Waals surface area contributed by atoms with Gasteiger partial charge in [-0.25, -0.2) is 30.0 Å². The number of rotatable bonds is 7. The van der Waals surface area contributed by atoms with Gasteiger partial charge in [-0.15, -0.1) is 0 Å². The molecule has 0 aromatic heterocycles. The van der Waals surface area contributed by atoms with Crippen molar-refractivity contribution in [2.45, 2.75) is 9.79 Å². The van der Waals surface area contributed by atoms with E-state index in [1.54, 1.807) is 91.0 Å². The Balaban J connectivity index is 0.000000188. The standard InChI is InChI=1S/C16H13NO2S.2C7H9NO2S/c18-20(19,17-14-9-2-1-3-10-14)16-12-6-8-13-7-4-5-11-15(13)16;1-11(9,10)8-7-5-3-2-4-6-7;1-8-11(9,10)7-5-3-2-4-6-7/h1-12,17H;2*2-6,8H,1H3. The second-order valence-corrected chi connectivity index (χ2v) is 14.0. The molecule has 0 atom stereocenters. The highest BCUT2D eigenvalue weighted by Gasteiger charge is 2.17. The smallest absolute Gasteiger partial charge is 0.262 e. The summed E-state index contributed by atoms with van der Waals surface area (Å²) in [6, 6.07) is 38.6. The van der Waals surface area contributed by atoms with Gasteiger partial charge in [0.15, 0.2) is 0 Å². The third-order valence-corrected chi connectivity index (χ3v) is 8.94.